The van der Waals surface area contributed by atoms with Crippen LogP contribution in [-0.2, 0) is 28.6 Å². The maximum atomic E-state index is 11.4. The predicted octanol–water partition coefficient (Wildman–Crippen LogP) is 0.869. The second kappa shape index (κ2) is 11.4. The van der Waals surface area contributed by atoms with Crippen LogP contribution in [-0.4, -0.2) is 54.6 Å². The van der Waals surface area contributed by atoms with Gasteiger partial charge in [-0.15, -0.1) is 0 Å². The molecule has 0 rings (SSSR count). The first kappa shape index (κ1) is 20.8. The minimum Gasteiger partial charge on any atom is -0.312 e. The Hall–Kier alpha value is -0.220. The Morgan fingerprint density at radius 1 is 0.762 bits per heavy atom. The normalized spacial score (nSPS) is 12.7. The van der Waals surface area contributed by atoms with Crippen molar-refractivity contribution < 1.29 is 25.2 Å². The summed E-state index contributed by atoms with van der Waals surface area (Å²) < 4.78 is 55.0. The SMILES string of the molecule is CCCCS(=O)(=O)OCCNCCOS(=O)(=O)CCCC. The minimum atomic E-state index is -3.44. The van der Waals surface area contributed by atoms with Crippen LogP contribution < -0.4 is 5.32 Å². The van der Waals surface area contributed by atoms with Crippen molar-refractivity contribution >= 4 is 20.2 Å². The zero-order valence-corrected chi connectivity index (χ0v) is 14.5. The van der Waals surface area contributed by atoms with Crippen molar-refractivity contribution in [3.8, 4) is 0 Å². The third-order valence-corrected chi connectivity index (χ3v) is 5.21. The summed E-state index contributed by atoms with van der Waals surface area (Å²) in [5.41, 5.74) is 0. The van der Waals surface area contributed by atoms with Crippen LogP contribution in [0.2, 0.25) is 0 Å². The number of hydrogen-bond donors (Lipinski definition) is 1. The third kappa shape index (κ3) is 13.2. The monoisotopic (exact) mass is 345 g/mol. The van der Waals surface area contributed by atoms with Crippen molar-refractivity contribution in [1.82, 2.24) is 5.32 Å². The van der Waals surface area contributed by atoms with Crippen LogP contribution in [0.4, 0.5) is 0 Å². The van der Waals surface area contributed by atoms with Gasteiger partial charge in [-0.05, 0) is 12.8 Å². The molecule has 0 amide bonds. The van der Waals surface area contributed by atoms with Gasteiger partial charge in [0.1, 0.15) is 0 Å². The first-order chi connectivity index (χ1) is 9.83. The van der Waals surface area contributed by atoms with Crippen LogP contribution in [0.5, 0.6) is 0 Å². The van der Waals surface area contributed by atoms with E-state index in [1.165, 1.54) is 0 Å². The molecule has 0 aliphatic carbocycles. The number of nitrogens with one attached hydrogen (secondary N) is 1. The highest BCUT2D eigenvalue weighted by Gasteiger charge is 2.10. The van der Waals surface area contributed by atoms with E-state index in [4.69, 9.17) is 8.37 Å². The molecule has 0 unspecified atom stereocenters. The second-order valence-electron chi connectivity index (χ2n) is 4.62. The standard InChI is InChI=1S/C12H27NO6S2/c1-3-5-11-20(14,15)18-9-7-13-8-10-19-21(16,17)12-6-4-2/h13H,3-12H2,1-2H3. The van der Waals surface area contributed by atoms with Gasteiger partial charge in [-0.25, -0.2) is 0 Å². The molecule has 0 aromatic rings. The maximum absolute atomic E-state index is 11.4. The van der Waals surface area contributed by atoms with E-state index in [0.29, 0.717) is 25.9 Å². The Bertz CT molecular complexity index is 404. The topological polar surface area (TPSA) is 98.8 Å². The molecule has 0 aromatic carbocycles. The molecule has 0 fully saturated rings. The predicted molar refractivity (Wildman–Crippen MR) is 82.2 cm³/mol. The summed E-state index contributed by atoms with van der Waals surface area (Å²) in [6, 6.07) is 0. The zero-order chi connectivity index (χ0) is 16.2. The first-order valence-corrected chi connectivity index (χ1v) is 10.4. The summed E-state index contributed by atoms with van der Waals surface area (Å²) in [7, 11) is -6.87. The lowest BCUT2D eigenvalue weighted by Crippen LogP contribution is -2.27. The third-order valence-electron chi connectivity index (χ3n) is 2.58. The van der Waals surface area contributed by atoms with Gasteiger partial charge in [0.2, 0.25) is 0 Å². The second-order valence-corrected chi connectivity index (χ2v) is 8.14. The number of unbranched alkanes of at least 4 members (excludes halogenated alkanes) is 2. The molecule has 0 heterocycles. The molecule has 0 saturated heterocycles. The molecule has 0 aliphatic heterocycles. The van der Waals surface area contributed by atoms with Crippen LogP contribution >= 0.6 is 0 Å². The highest BCUT2D eigenvalue weighted by molar-refractivity contribution is 7.86. The van der Waals surface area contributed by atoms with Gasteiger partial charge in [-0.1, -0.05) is 26.7 Å². The average molecular weight is 345 g/mol. The fourth-order valence-corrected chi connectivity index (χ4v) is 3.56. The van der Waals surface area contributed by atoms with Gasteiger partial charge in [0.05, 0.1) is 24.7 Å². The van der Waals surface area contributed by atoms with Crippen molar-refractivity contribution in [2.24, 2.45) is 0 Å². The van der Waals surface area contributed by atoms with Gasteiger partial charge in [-0.3, -0.25) is 8.37 Å². The van der Waals surface area contributed by atoms with Crippen LogP contribution in [0.3, 0.4) is 0 Å². The molecule has 1 N–H and O–H groups in total. The Kier molecular flexibility index (Phi) is 11.2. The fraction of sp³-hybridized carbons (Fsp3) is 1.00. The molecule has 7 nitrogen and oxygen atoms in total. The quantitative estimate of drug-likeness (QED) is 0.368. The summed E-state index contributed by atoms with van der Waals surface area (Å²) in [5.74, 6) is 0.0601. The van der Waals surface area contributed by atoms with Gasteiger partial charge in [0, 0.05) is 13.1 Å². The minimum absolute atomic E-state index is 0.0300. The largest absolute Gasteiger partial charge is 0.312 e. The Morgan fingerprint density at radius 2 is 1.14 bits per heavy atom. The lowest BCUT2D eigenvalue weighted by molar-refractivity contribution is 0.292. The number of hydrogen-bond acceptors (Lipinski definition) is 7. The van der Waals surface area contributed by atoms with Crippen LogP contribution in [0.25, 0.3) is 0 Å². The van der Waals surface area contributed by atoms with Crippen LogP contribution in [0.15, 0.2) is 0 Å². The van der Waals surface area contributed by atoms with Crippen molar-refractivity contribution in [2.75, 3.05) is 37.8 Å². The van der Waals surface area contributed by atoms with E-state index in [1.807, 2.05) is 13.8 Å². The van der Waals surface area contributed by atoms with E-state index in [2.05, 4.69) is 5.32 Å². The van der Waals surface area contributed by atoms with E-state index in [-0.39, 0.29) is 24.7 Å². The van der Waals surface area contributed by atoms with Gasteiger partial charge >= 0.3 is 0 Å². The Morgan fingerprint density at radius 3 is 1.48 bits per heavy atom. The molecule has 21 heavy (non-hydrogen) atoms. The van der Waals surface area contributed by atoms with Gasteiger partial charge in [-0.2, -0.15) is 16.8 Å². The zero-order valence-electron chi connectivity index (χ0n) is 12.8. The average Bonchev–Trinajstić information content (AvgIpc) is 2.42. The first-order valence-electron chi connectivity index (χ1n) is 7.28. The summed E-state index contributed by atoms with van der Waals surface area (Å²) in [4.78, 5) is 0. The molecule has 9 heteroatoms. The van der Waals surface area contributed by atoms with E-state index < -0.39 is 20.2 Å². The Balaban J connectivity index is 3.61. The highest BCUT2D eigenvalue weighted by atomic mass is 32.2. The van der Waals surface area contributed by atoms with Crippen molar-refractivity contribution in [3.63, 3.8) is 0 Å². The molecular formula is C12H27NO6S2. The summed E-state index contributed by atoms with van der Waals surface area (Å²) in [6.07, 6.45) is 2.76. The molecule has 0 saturated carbocycles. The molecule has 128 valence electrons. The van der Waals surface area contributed by atoms with Crippen LogP contribution in [0.1, 0.15) is 39.5 Å². The fourth-order valence-electron chi connectivity index (χ4n) is 1.37. The Labute approximate surface area is 128 Å². The lowest BCUT2D eigenvalue weighted by Gasteiger charge is -2.07. The van der Waals surface area contributed by atoms with E-state index >= 15 is 0 Å². The smallest absolute Gasteiger partial charge is 0.267 e. The molecule has 0 radical (unpaired) electrons. The van der Waals surface area contributed by atoms with E-state index in [0.717, 1.165) is 12.8 Å². The van der Waals surface area contributed by atoms with Crippen molar-refractivity contribution in [3.05, 3.63) is 0 Å². The summed E-state index contributed by atoms with van der Waals surface area (Å²) in [6.45, 7) is 4.54. The molecule has 0 bridgehead atoms. The van der Waals surface area contributed by atoms with E-state index in [9.17, 15) is 16.8 Å². The van der Waals surface area contributed by atoms with E-state index in [1.54, 1.807) is 0 Å². The van der Waals surface area contributed by atoms with Gasteiger partial charge in [0.25, 0.3) is 20.2 Å². The summed E-state index contributed by atoms with van der Waals surface area (Å²) in [5, 5.41) is 2.86. The molecule has 0 atom stereocenters. The van der Waals surface area contributed by atoms with Gasteiger partial charge < -0.3 is 5.32 Å². The lowest BCUT2D eigenvalue weighted by atomic mass is 10.4. The van der Waals surface area contributed by atoms with Crippen molar-refractivity contribution in [1.29, 1.82) is 0 Å². The summed E-state index contributed by atoms with van der Waals surface area (Å²) >= 11 is 0. The van der Waals surface area contributed by atoms with Crippen molar-refractivity contribution in [2.45, 2.75) is 39.5 Å². The molecular weight excluding hydrogens is 318 g/mol. The molecule has 0 aliphatic rings. The molecule has 0 aromatic heterocycles. The maximum Gasteiger partial charge on any atom is 0.267 e. The van der Waals surface area contributed by atoms with Gasteiger partial charge in [0.15, 0.2) is 0 Å². The number of rotatable bonds is 14. The van der Waals surface area contributed by atoms with Crippen LogP contribution in [0, 0.1) is 0 Å². The molecule has 0 spiro atoms. The highest BCUT2D eigenvalue weighted by Crippen LogP contribution is 1.99.